The third kappa shape index (κ3) is 3.07. The lowest BCUT2D eigenvalue weighted by molar-refractivity contribution is 1.25. The summed E-state index contributed by atoms with van der Waals surface area (Å²) in [5.41, 5.74) is 7.88. The lowest BCUT2D eigenvalue weighted by Crippen LogP contribution is -1.94. The van der Waals surface area contributed by atoms with Gasteiger partial charge in [-0.2, -0.15) is 0 Å². The molecule has 0 fully saturated rings. The zero-order chi connectivity index (χ0) is 8.10. The summed E-state index contributed by atoms with van der Waals surface area (Å²) < 4.78 is 0. The van der Waals surface area contributed by atoms with Crippen LogP contribution in [0.15, 0.2) is 36.4 Å². The maximum Gasteiger partial charge on any atom is 0.0112 e. The van der Waals surface area contributed by atoms with Crippen LogP contribution in [0, 0.1) is 0 Å². The first kappa shape index (κ1) is 11.2. The Morgan fingerprint density at radius 2 is 1.92 bits per heavy atom. The van der Waals surface area contributed by atoms with E-state index in [9.17, 15) is 0 Å². The summed E-state index contributed by atoms with van der Waals surface area (Å²) in [7, 11) is 0. The van der Waals surface area contributed by atoms with Gasteiger partial charge < -0.3 is 5.73 Å². The molecule has 0 aromatic heterocycles. The summed E-state index contributed by atoms with van der Waals surface area (Å²) in [5.74, 6) is 0. The van der Waals surface area contributed by atoms with Crippen LogP contribution in [0.3, 0.4) is 0 Å². The average molecular weight is 184 g/mol. The zero-order valence-corrected chi connectivity index (χ0v) is 7.97. The van der Waals surface area contributed by atoms with E-state index < -0.39 is 0 Å². The van der Waals surface area contributed by atoms with E-state index in [0.717, 1.165) is 0 Å². The summed E-state index contributed by atoms with van der Waals surface area (Å²) in [6, 6.07) is 10.2. The first-order valence-corrected chi connectivity index (χ1v) is 3.77. The predicted molar refractivity (Wildman–Crippen MR) is 56.4 cm³/mol. The van der Waals surface area contributed by atoms with Gasteiger partial charge in [0.1, 0.15) is 0 Å². The number of allylic oxidation sites excluding steroid dienone is 1. The maximum absolute atomic E-state index is 5.39. The second-order valence-corrected chi connectivity index (χ2v) is 2.49. The number of nitrogens with two attached hydrogens (primary N) is 1. The lowest BCUT2D eigenvalue weighted by atomic mass is 10.1. The Bertz CT molecular complexity index is 241. The molecule has 0 atom stereocenters. The Balaban J connectivity index is 0.00000121. The molecule has 0 amide bonds. The minimum Gasteiger partial charge on any atom is -0.327 e. The molecule has 2 heteroatoms. The molecule has 0 heterocycles. The van der Waals surface area contributed by atoms with Crippen LogP contribution in [-0.4, -0.2) is 6.54 Å². The molecule has 0 saturated heterocycles. The number of hydrogen-bond acceptors (Lipinski definition) is 1. The van der Waals surface area contributed by atoms with Crippen LogP contribution in [0.1, 0.15) is 12.5 Å². The molecule has 1 aromatic carbocycles. The van der Waals surface area contributed by atoms with E-state index in [4.69, 9.17) is 5.73 Å². The second kappa shape index (κ2) is 5.81. The van der Waals surface area contributed by atoms with E-state index in [0.29, 0.717) is 6.54 Å². The van der Waals surface area contributed by atoms with E-state index in [-0.39, 0.29) is 12.4 Å². The van der Waals surface area contributed by atoms with Crippen LogP contribution >= 0.6 is 12.4 Å². The van der Waals surface area contributed by atoms with Gasteiger partial charge >= 0.3 is 0 Å². The minimum absolute atomic E-state index is 0. The number of hydrogen-bond donors (Lipinski definition) is 1. The molecule has 0 aliphatic heterocycles. The van der Waals surface area contributed by atoms with Gasteiger partial charge in [0.05, 0.1) is 0 Å². The molecular formula is C10H14ClN. The van der Waals surface area contributed by atoms with Gasteiger partial charge in [-0.15, -0.1) is 12.4 Å². The van der Waals surface area contributed by atoms with Crippen molar-refractivity contribution in [3.05, 3.63) is 42.0 Å². The van der Waals surface area contributed by atoms with Gasteiger partial charge in [-0.3, -0.25) is 0 Å². The Morgan fingerprint density at radius 1 is 1.33 bits per heavy atom. The summed E-state index contributed by atoms with van der Waals surface area (Å²) in [6.45, 7) is 2.68. The molecule has 0 aliphatic rings. The fourth-order valence-electron chi connectivity index (χ4n) is 0.996. The molecule has 1 nitrogen and oxygen atoms in total. The van der Waals surface area contributed by atoms with Gasteiger partial charge in [-0.05, 0) is 18.1 Å². The Labute approximate surface area is 79.7 Å². The van der Waals surface area contributed by atoms with Crippen LogP contribution in [0.4, 0.5) is 0 Å². The molecule has 0 saturated carbocycles. The third-order valence-corrected chi connectivity index (χ3v) is 1.65. The lowest BCUT2D eigenvalue weighted by Gasteiger charge is -1.98. The van der Waals surface area contributed by atoms with Gasteiger partial charge in [-0.1, -0.05) is 36.4 Å². The van der Waals surface area contributed by atoms with Crippen LogP contribution in [0.2, 0.25) is 0 Å². The van der Waals surface area contributed by atoms with Crippen LogP contribution < -0.4 is 5.73 Å². The highest BCUT2D eigenvalue weighted by atomic mass is 35.5. The zero-order valence-electron chi connectivity index (χ0n) is 7.16. The Hall–Kier alpha value is -0.790. The highest BCUT2D eigenvalue weighted by molar-refractivity contribution is 5.85. The SMILES string of the molecule is C/C(=C\CN)c1ccccc1.Cl. The minimum atomic E-state index is 0. The highest BCUT2D eigenvalue weighted by Crippen LogP contribution is 2.11. The smallest absolute Gasteiger partial charge is 0.0112 e. The van der Waals surface area contributed by atoms with Crippen molar-refractivity contribution in [2.75, 3.05) is 6.54 Å². The van der Waals surface area contributed by atoms with E-state index in [2.05, 4.69) is 19.1 Å². The van der Waals surface area contributed by atoms with Crippen molar-refractivity contribution < 1.29 is 0 Å². The first-order chi connectivity index (χ1) is 5.34. The Morgan fingerprint density at radius 3 is 2.42 bits per heavy atom. The topological polar surface area (TPSA) is 26.0 Å². The van der Waals surface area contributed by atoms with Crippen molar-refractivity contribution in [3.63, 3.8) is 0 Å². The van der Waals surface area contributed by atoms with Crippen molar-refractivity contribution in [1.29, 1.82) is 0 Å². The molecule has 2 N–H and O–H groups in total. The molecule has 1 aromatic rings. The molecular weight excluding hydrogens is 170 g/mol. The summed E-state index contributed by atoms with van der Waals surface area (Å²) in [6.07, 6.45) is 2.02. The number of rotatable bonds is 2. The molecule has 0 spiro atoms. The summed E-state index contributed by atoms with van der Waals surface area (Å²) >= 11 is 0. The van der Waals surface area contributed by atoms with Crippen LogP contribution in [0.5, 0.6) is 0 Å². The highest BCUT2D eigenvalue weighted by Gasteiger charge is 1.90. The van der Waals surface area contributed by atoms with E-state index in [1.165, 1.54) is 11.1 Å². The van der Waals surface area contributed by atoms with Crippen molar-refractivity contribution >= 4 is 18.0 Å². The van der Waals surface area contributed by atoms with Gasteiger partial charge in [0.15, 0.2) is 0 Å². The van der Waals surface area contributed by atoms with Crippen molar-refractivity contribution in [3.8, 4) is 0 Å². The van der Waals surface area contributed by atoms with E-state index >= 15 is 0 Å². The van der Waals surface area contributed by atoms with Gasteiger partial charge in [0.25, 0.3) is 0 Å². The van der Waals surface area contributed by atoms with Crippen LogP contribution in [0.25, 0.3) is 5.57 Å². The predicted octanol–water partition coefficient (Wildman–Crippen LogP) is 2.47. The number of benzene rings is 1. The Kier molecular flexibility index (Phi) is 5.43. The average Bonchev–Trinajstić information content (AvgIpc) is 2.07. The first-order valence-electron chi connectivity index (χ1n) is 3.77. The van der Waals surface area contributed by atoms with E-state index in [1.54, 1.807) is 0 Å². The summed E-state index contributed by atoms with van der Waals surface area (Å²) in [4.78, 5) is 0. The van der Waals surface area contributed by atoms with Crippen molar-refractivity contribution in [2.24, 2.45) is 5.73 Å². The van der Waals surface area contributed by atoms with Gasteiger partial charge in [0, 0.05) is 6.54 Å². The molecule has 0 aliphatic carbocycles. The molecule has 12 heavy (non-hydrogen) atoms. The largest absolute Gasteiger partial charge is 0.327 e. The summed E-state index contributed by atoms with van der Waals surface area (Å²) in [5, 5.41) is 0. The van der Waals surface area contributed by atoms with Gasteiger partial charge in [0.2, 0.25) is 0 Å². The van der Waals surface area contributed by atoms with Gasteiger partial charge in [-0.25, -0.2) is 0 Å². The molecule has 1 rings (SSSR count). The third-order valence-electron chi connectivity index (χ3n) is 1.65. The number of halogens is 1. The van der Waals surface area contributed by atoms with Crippen molar-refractivity contribution in [1.82, 2.24) is 0 Å². The molecule has 0 radical (unpaired) electrons. The van der Waals surface area contributed by atoms with Crippen LogP contribution in [-0.2, 0) is 0 Å². The fourth-order valence-corrected chi connectivity index (χ4v) is 0.996. The molecule has 0 unspecified atom stereocenters. The monoisotopic (exact) mass is 183 g/mol. The second-order valence-electron chi connectivity index (χ2n) is 2.49. The maximum atomic E-state index is 5.39. The van der Waals surface area contributed by atoms with E-state index in [1.807, 2.05) is 24.3 Å². The normalized spacial score (nSPS) is 10.7. The standard InChI is InChI=1S/C10H13N.ClH/c1-9(7-8-11)10-5-3-2-4-6-10;/h2-7H,8,11H2,1H3;1H/b9-7+;. The fraction of sp³-hybridized carbons (Fsp3) is 0.200. The van der Waals surface area contributed by atoms with Crippen molar-refractivity contribution in [2.45, 2.75) is 6.92 Å². The quantitative estimate of drug-likeness (QED) is 0.749. The molecule has 66 valence electrons. The molecule has 0 bridgehead atoms.